The monoisotopic (exact) mass is 475 g/mol. The lowest BCUT2D eigenvalue weighted by Gasteiger charge is -2.29. The smallest absolute Gasteiger partial charge is 0.0487 e. The first-order chi connectivity index (χ1) is 17.0. The van der Waals surface area contributed by atoms with Crippen LogP contribution in [0.1, 0.15) is 37.5 Å². The number of fused-ring (bicyclic) bond motifs is 3. The van der Waals surface area contributed by atoms with Gasteiger partial charge in [-0.05, 0) is 76.7 Å². The zero-order chi connectivity index (χ0) is 24.4. The number of anilines is 2. The minimum absolute atomic E-state index is 0.0450. The molecule has 4 aromatic rings. The standard InChI is InChI=1S/C33H30ClN/c1-4-5-11-25(24-12-7-6-8-13-24)23-35(27-18-16-26(34)17-19-27)28-20-21-30-29-14-9-10-15-31(29)33(2,3)32(30)22-28/h4-22H,23H2,1-3H3/b5-4-,25-11+. The lowest BCUT2D eigenvalue weighted by molar-refractivity contribution is 0.660. The second-order valence-electron chi connectivity index (χ2n) is 9.55. The van der Waals surface area contributed by atoms with Crippen LogP contribution in [0.3, 0.4) is 0 Å². The van der Waals surface area contributed by atoms with E-state index in [9.17, 15) is 0 Å². The lowest BCUT2D eigenvalue weighted by Crippen LogP contribution is -2.21. The Labute approximate surface area is 214 Å². The zero-order valence-corrected chi connectivity index (χ0v) is 21.3. The molecular formula is C33H30ClN. The number of halogens is 1. The summed E-state index contributed by atoms with van der Waals surface area (Å²) >= 11 is 6.26. The van der Waals surface area contributed by atoms with Crippen LogP contribution in [0.15, 0.2) is 115 Å². The van der Waals surface area contributed by atoms with Crippen LogP contribution < -0.4 is 4.90 Å². The lowest BCUT2D eigenvalue weighted by atomic mass is 9.82. The highest BCUT2D eigenvalue weighted by Gasteiger charge is 2.35. The van der Waals surface area contributed by atoms with Gasteiger partial charge in [0.1, 0.15) is 0 Å². The molecule has 0 unspecified atom stereocenters. The highest BCUT2D eigenvalue weighted by Crippen LogP contribution is 2.50. The molecule has 0 fully saturated rings. The molecule has 35 heavy (non-hydrogen) atoms. The topological polar surface area (TPSA) is 3.24 Å². The van der Waals surface area contributed by atoms with Crippen molar-refractivity contribution in [2.24, 2.45) is 0 Å². The van der Waals surface area contributed by atoms with Gasteiger partial charge in [0.15, 0.2) is 0 Å². The Balaban J connectivity index is 1.63. The maximum atomic E-state index is 6.26. The van der Waals surface area contributed by atoms with Crippen LogP contribution in [-0.2, 0) is 5.41 Å². The van der Waals surface area contributed by atoms with Crippen molar-refractivity contribution in [2.45, 2.75) is 26.2 Å². The minimum atomic E-state index is -0.0450. The van der Waals surface area contributed by atoms with Crippen molar-refractivity contribution in [3.8, 4) is 11.1 Å². The Morgan fingerprint density at radius 1 is 0.771 bits per heavy atom. The van der Waals surface area contributed by atoms with E-state index in [-0.39, 0.29) is 5.41 Å². The molecule has 0 bridgehead atoms. The van der Waals surface area contributed by atoms with E-state index in [1.54, 1.807) is 0 Å². The summed E-state index contributed by atoms with van der Waals surface area (Å²) in [6, 6.07) is 34.5. The molecule has 0 saturated carbocycles. The van der Waals surface area contributed by atoms with Crippen LogP contribution in [-0.4, -0.2) is 6.54 Å². The number of rotatable bonds is 6. The van der Waals surface area contributed by atoms with E-state index in [0.717, 1.165) is 17.3 Å². The van der Waals surface area contributed by atoms with Gasteiger partial charge < -0.3 is 4.90 Å². The summed E-state index contributed by atoms with van der Waals surface area (Å²) in [6.07, 6.45) is 6.40. The first-order valence-electron chi connectivity index (χ1n) is 12.1. The normalized spacial score (nSPS) is 14.1. The Morgan fingerprint density at radius 3 is 2.17 bits per heavy atom. The van der Waals surface area contributed by atoms with Gasteiger partial charge in [0.2, 0.25) is 0 Å². The summed E-state index contributed by atoms with van der Waals surface area (Å²) in [5.74, 6) is 0. The van der Waals surface area contributed by atoms with Crippen molar-refractivity contribution in [3.63, 3.8) is 0 Å². The fourth-order valence-electron chi connectivity index (χ4n) is 5.09. The quantitative estimate of drug-likeness (QED) is 0.251. The van der Waals surface area contributed by atoms with E-state index in [1.807, 2.05) is 12.1 Å². The fraction of sp³-hybridized carbons (Fsp3) is 0.152. The molecule has 0 heterocycles. The maximum absolute atomic E-state index is 6.26. The summed E-state index contributed by atoms with van der Waals surface area (Å²) < 4.78 is 0. The molecule has 0 aromatic heterocycles. The van der Waals surface area contributed by atoms with Gasteiger partial charge in [-0.15, -0.1) is 0 Å². The molecule has 0 amide bonds. The molecule has 2 heteroatoms. The van der Waals surface area contributed by atoms with Crippen LogP contribution in [0, 0.1) is 0 Å². The van der Waals surface area contributed by atoms with Crippen molar-refractivity contribution in [2.75, 3.05) is 11.4 Å². The number of benzene rings is 4. The third kappa shape index (κ3) is 4.45. The number of hydrogen-bond donors (Lipinski definition) is 0. The van der Waals surface area contributed by atoms with Crippen LogP contribution >= 0.6 is 11.6 Å². The Kier molecular flexibility index (Phi) is 6.36. The van der Waals surface area contributed by atoms with Gasteiger partial charge in [-0.25, -0.2) is 0 Å². The van der Waals surface area contributed by atoms with Gasteiger partial charge in [-0.1, -0.05) is 104 Å². The second kappa shape index (κ2) is 9.60. The van der Waals surface area contributed by atoms with Crippen molar-refractivity contribution >= 4 is 28.5 Å². The van der Waals surface area contributed by atoms with Crippen LogP contribution in [0.25, 0.3) is 16.7 Å². The Bertz CT molecular complexity index is 1390. The first kappa shape index (κ1) is 23.2. The highest BCUT2D eigenvalue weighted by molar-refractivity contribution is 6.30. The van der Waals surface area contributed by atoms with E-state index in [0.29, 0.717) is 0 Å². The average Bonchev–Trinajstić information content (AvgIpc) is 3.12. The molecule has 0 radical (unpaired) electrons. The highest BCUT2D eigenvalue weighted by atomic mass is 35.5. The van der Waals surface area contributed by atoms with Gasteiger partial charge in [-0.3, -0.25) is 0 Å². The van der Waals surface area contributed by atoms with E-state index >= 15 is 0 Å². The number of nitrogens with zero attached hydrogens (tertiary/aromatic N) is 1. The van der Waals surface area contributed by atoms with Crippen LogP contribution in [0.4, 0.5) is 11.4 Å². The molecule has 0 N–H and O–H groups in total. The molecule has 0 atom stereocenters. The van der Waals surface area contributed by atoms with Crippen LogP contribution in [0.2, 0.25) is 5.02 Å². The molecule has 1 aliphatic carbocycles. The van der Waals surface area contributed by atoms with Gasteiger partial charge in [0.25, 0.3) is 0 Å². The minimum Gasteiger partial charge on any atom is -0.337 e. The average molecular weight is 476 g/mol. The molecule has 0 spiro atoms. The van der Waals surface area contributed by atoms with E-state index in [2.05, 4.69) is 129 Å². The molecular weight excluding hydrogens is 446 g/mol. The zero-order valence-electron chi connectivity index (χ0n) is 20.5. The molecule has 4 aromatic carbocycles. The van der Waals surface area contributed by atoms with Gasteiger partial charge >= 0.3 is 0 Å². The third-order valence-electron chi connectivity index (χ3n) is 6.98. The van der Waals surface area contributed by atoms with Gasteiger partial charge in [0, 0.05) is 28.4 Å². The molecule has 1 aliphatic rings. The van der Waals surface area contributed by atoms with Gasteiger partial charge in [-0.2, -0.15) is 0 Å². The van der Waals surface area contributed by atoms with Crippen molar-refractivity contribution in [3.05, 3.63) is 137 Å². The predicted octanol–water partition coefficient (Wildman–Crippen LogP) is 9.44. The SMILES string of the molecule is C/C=C\C=C(/CN(c1ccc(Cl)cc1)c1ccc2c(c1)C(C)(C)c1ccccc1-2)c1ccccc1. The Morgan fingerprint density at radius 2 is 1.43 bits per heavy atom. The third-order valence-corrected chi connectivity index (χ3v) is 7.23. The summed E-state index contributed by atoms with van der Waals surface area (Å²) in [4.78, 5) is 2.39. The molecule has 5 rings (SSSR count). The second-order valence-corrected chi connectivity index (χ2v) is 9.98. The summed E-state index contributed by atoms with van der Waals surface area (Å²) in [5.41, 5.74) is 10.2. The van der Waals surface area contributed by atoms with Crippen molar-refractivity contribution in [1.29, 1.82) is 0 Å². The van der Waals surface area contributed by atoms with E-state index in [1.165, 1.54) is 39.1 Å². The summed E-state index contributed by atoms with van der Waals surface area (Å²) in [7, 11) is 0. The number of allylic oxidation sites excluding steroid dienone is 3. The number of hydrogen-bond acceptors (Lipinski definition) is 1. The Hall–Kier alpha value is -3.55. The summed E-state index contributed by atoms with van der Waals surface area (Å²) in [6.45, 7) is 7.45. The van der Waals surface area contributed by atoms with Gasteiger partial charge in [0.05, 0.1) is 0 Å². The van der Waals surface area contributed by atoms with Crippen molar-refractivity contribution in [1.82, 2.24) is 0 Å². The van der Waals surface area contributed by atoms with E-state index < -0.39 is 0 Å². The molecule has 0 aliphatic heterocycles. The van der Waals surface area contributed by atoms with E-state index in [4.69, 9.17) is 11.6 Å². The molecule has 1 nitrogen and oxygen atoms in total. The fourth-order valence-corrected chi connectivity index (χ4v) is 5.21. The molecule has 174 valence electrons. The first-order valence-corrected chi connectivity index (χ1v) is 12.5. The van der Waals surface area contributed by atoms with Crippen LogP contribution in [0.5, 0.6) is 0 Å². The maximum Gasteiger partial charge on any atom is 0.0487 e. The van der Waals surface area contributed by atoms with Crippen molar-refractivity contribution < 1.29 is 0 Å². The largest absolute Gasteiger partial charge is 0.337 e. The summed E-state index contributed by atoms with van der Waals surface area (Å²) in [5, 5.41) is 0.743. The molecule has 0 saturated heterocycles. The predicted molar refractivity (Wildman–Crippen MR) is 152 cm³/mol.